The van der Waals surface area contributed by atoms with Gasteiger partial charge in [0.15, 0.2) is 6.61 Å². The Bertz CT molecular complexity index is 777. The monoisotopic (exact) mass is 409 g/mol. The Morgan fingerprint density at radius 1 is 1.34 bits per heavy atom. The van der Waals surface area contributed by atoms with Gasteiger partial charge >= 0.3 is 0 Å². The Balaban J connectivity index is 1.75. The Labute approximate surface area is 168 Å². The van der Waals surface area contributed by atoms with Crippen molar-refractivity contribution < 1.29 is 27.8 Å². The highest BCUT2D eigenvalue weighted by Gasteiger charge is 2.15. The lowest BCUT2D eigenvalue weighted by Crippen LogP contribution is -2.38. The van der Waals surface area contributed by atoms with Crippen LogP contribution in [-0.4, -0.2) is 62.8 Å². The van der Waals surface area contributed by atoms with E-state index in [-0.39, 0.29) is 17.2 Å². The SMILES string of the molecule is C=C(C(=N)OCC(=O)Nc1ccc(F)cc1F)/C(=C\C)OCCN1CCOCC1. The van der Waals surface area contributed by atoms with E-state index in [1.165, 1.54) is 0 Å². The molecular weight excluding hydrogens is 384 g/mol. The average Bonchev–Trinajstić information content (AvgIpc) is 2.72. The number of nitrogens with one attached hydrogen (secondary N) is 2. The van der Waals surface area contributed by atoms with Crippen molar-refractivity contribution >= 4 is 17.5 Å². The van der Waals surface area contributed by atoms with Gasteiger partial charge in [-0.3, -0.25) is 15.1 Å². The highest BCUT2D eigenvalue weighted by atomic mass is 19.1. The van der Waals surface area contributed by atoms with Crippen LogP contribution in [0.2, 0.25) is 0 Å². The number of anilines is 1. The topological polar surface area (TPSA) is 83.9 Å². The number of hydrogen-bond donors (Lipinski definition) is 2. The highest BCUT2D eigenvalue weighted by Crippen LogP contribution is 2.15. The number of halogens is 2. The van der Waals surface area contributed by atoms with Gasteiger partial charge in [-0.15, -0.1) is 0 Å². The summed E-state index contributed by atoms with van der Waals surface area (Å²) in [6.45, 7) is 9.20. The molecule has 158 valence electrons. The Hall–Kier alpha value is -2.78. The van der Waals surface area contributed by atoms with Crippen LogP contribution in [-0.2, 0) is 19.0 Å². The molecule has 0 saturated carbocycles. The number of nitrogens with zero attached hydrogens (tertiary/aromatic N) is 1. The third-order valence-electron chi connectivity index (χ3n) is 4.16. The minimum absolute atomic E-state index is 0.175. The Morgan fingerprint density at radius 2 is 2.07 bits per heavy atom. The van der Waals surface area contributed by atoms with Gasteiger partial charge in [-0.05, 0) is 25.1 Å². The first kappa shape index (κ1) is 22.5. The van der Waals surface area contributed by atoms with Crippen LogP contribution in [0.5, 0.6) is 0 Å². The van der Waals surface area contributed by atoms with Crippen molar-refractivity contribution in [3.63, 3.8) is 0 Å². The van der Waals surface area contributed by atoms with Crippen molar-refractivity contribution in [1.82, 2.24) is 4.90 Å². The summed E-state index contributed by atoms with van der Waals surface area (Å²) in [7, 11) is 0. The molecule has 1 aliphatic heterocycles. The fraction of sp³-hybridized carbons (Fsp3) is 0.400. The number of amides is 1. The van der Waals surface area contributed by atoms with Crippen LogP contribution < -0.4 is 5.32 Å². The summed E-state index contributed by atoms with van der Waals surface area (Å²) in [6.07, 6.45) is 1.66. The van der Waals surface area contributed by atoms with Crippen LogP contribution in [0.25, 0.3) is 0 Å². The number of benzene rings is 1. The van der Waals surface area contributed by atoms with E-state index in [1.54, 1.807) is 13.0 Å². The molecule has 29 heavy (non-hydrogen) atoms. The molecule has 0 radical (unpaired) electrons. The summed E-state index contributed by atoms with van der Waals surface area (Å²) < 4.78 is 42.5. The lowest BCUT2D eigenvalue weighted by molar-refractivity contribution is -0.118. The van der Waals surface area contributed by atoms with Crippen LogP contribution in [0, 0.1) is 17.0 Å². The van der Waals surface area contributed by atoms with Crippen molar-refractivity contribution in [3.05, 3.63) is 53.8 Å². The summed E-state index contributed by atoms with van der Waals surface area (Å²) >= 11 is 0. The number of rotatable bonds is 9. The number of allylic oxidation sites excluding steroid dienone is 1. The molecule has 1 amide bonds. The molecule has 0 bridgehead atoms. The van der Waals surface area contributed by atoms with Crippen LogP contribution in [0.3, 0.4) is 0 Å². The van der Waals surface area contributed by atoms with Crippen molar-refractivity contribution in [3.8, 4) is 0 Å². The summed E-state index contributed by atoms with van der Waals surface area (Å²) in [5.41, 5.74) is 0.0150. The maximum Gasteiger partial charge on any atom is 0.262 e. The molecule has 0 aromatic heterocycles. The van der Waals surface area contributed by atoms with E-state index < -0.39 is 24.1 Å². The van der Waals surface area contributed by atoms with E-state index in [9.17, 15) is 13.6 Å². The second-order valence-electron chi connectivity index (χ2n) is 6.22. The van der Waals surface area contributed by atoms with Gasteiger partial charge in [-0.1, -0.05) is 6.58 Å². The Morgan fingerprint density at radius 3 is 2.72 bits per heavy atom. The van der Waals surface area contributed by atoms with Crippen LogP contribution >= 0.6 is 0 Å². The van der Waals surface area contributed by atoms with E-state index >= 15 is 0 Å². The smallest absolute Gasteiger partial charge is 0.262 e. The second-order valence-corrected chi connectivity index (χ2v) is 6.22. The van der Waals surface area contributed by atoms with Gasteiger partial charge < -0.3 is 19.5 Å². The zero-order valence-corrected chi connectivity index (χ0v) is 16.3. The molecule has 0 atom stereocenters. The molecule has 2 rings (SSSR count). The van der Waals surface area contributed by atoms with Gasteiger partial charge in [0.25, 0.3) is 5.91 Å². The number of morpholine rings is 1. The maximum absolute atomic E-state index is 13.6. The third kappa shape index (κ3) is 7.28. The zero-order chi connectivity index (χ0) is 21.2. The quantitative estimate of drug-likeness (QED) is 0.284. The van der Waals surface area contributed by atoms with E-state index in [4.69, 9.17) is 19.6 Å². The minimum Gasteiger partial charge on any atom is -0.492 e. The molecule has 1 fully saturated rings. The maximum atomic E-state index is 13.6. The van der Waals surface area contributed by atoms with E-state index in [1.807, 2.05) is 0 Å². The minimum atomic E-state index is -0.900. The average molecular weight is 409 g/mol. The Kier molecular flexibility index (Phi) is 8.75. The summed E-state index contributed by atoms with van der Waals surface area (Å²) in [4.78, 5) is 14.1. The van der Waals surface area contributed by atoms with Crippen molar-refractivity contribution in [2.45, 2.75) is 6.92 Å². The first-order valence-corrected chi connectivity index (χ1v) is 9.15. The van der Waals surface area contributed by atoms with E-state index in [0.29, 0.717) is 38.2 Å². The first-order chi connectivity index (χ1) is 13.9. The molecule has 1 aromatic rings. The molecule has 0 aliphatic carbocycles. The van der Waals surface area contributed by atoms with Crippen molar-refractivity contribution in [1.29, 1.82) is 5.41 Å². The summed E-state index contributed by atoms with van der Waals surface area (Å²) in [5.74, 6) is -2.29. The molecule has 0 unspecified atom stereocenters. The predicted molar refractivity (Wildman–Crippen MR) is 105 cm³/mol. The van der Waals surface area contributed by atoms with Gasteiger partial charge in [0.1, 0.15) is 24.0 Å². The predicted octanol–water partition coefficient (Wildman–Crippen LogP) is 2.71. The summed E-state index contributed by atoms with van der Waals surface area (Å²) in [5, 5.41) is 10.2. The first-order valence-electron chi connectivity index (χ1n) is 9.15. The molecule has 9 heteroatoms. The van der Waals surface area contributed by atoms with Crippen molar-refractivity contribution in [2.75, 3.05) is 51.4 Å². The highest BCUT2D eigenvalue weighted by molar-refractivity contribution is 5.97. The van der Waals surface area contributed by atoms with Gasteiger partial charge in [0, 0.05) is 25.7 Å². The summed E-state index contributed by atoms with van der Waals surface area (Å²) in [6, 6.07) is 2.79. The van der Waals surface area contributed by atoms with Crippen LogP contribution in [0.1, 0.15) is 6.92 Å². The standard InChI is InChI=1S/C20H25F2N3O4/c1-3-18(28-11-8-25-6-9-27-10-7-25)14(2)20(23)29-13-19(26)24-17-5-4-15(21)12-16(17)22/h3-5,12,23H,2,6-11,13H2,1H3,(H,24,26)/b18-3+,23-20?. The molecular formula is C20H25F2N3O4. The second kappa shape index (κ2) is 11.3. The lowest BCUT2D eigenvalue weighted by Gasteiger charge is -2.26. The van der Waals surface area contributed by atoms with Gasteiger partial charge in [0.05, 0.1) is 24.5 Å². The molecule has 2 N–H and O–H groups in total. The number of carbonyl (C=O) groups is 1. The lowest BCUT2D eigenvalue weighted by atomic mass is 10.2. The molecule has 1 heterocycles. The molecule has 0 spiro atoms. The van der Waals surface area contributed by atoms with E-state index in [0.717, 1.165) is 25.2 Å². The normalized spacial score (nSPS) is 14.9. The van der Waals surface area contributed by atoms with Gasteiger partial charge in [-0.2, -0.15) is 0 Å². The number of hydrogen-bond acceptors (Lipinski definition) is 6. The number of ether oxygens (including phenoxy) is 3. The van der Waals surface area contributed by atoms with Gasteiger partial charge in [-0.25, -0.2) is 8.78 Å². The molecule has 1 saturated heterocycles. The molecule has 1 aliphatic rings. The van der Waals surface area contributed by atoms with Crippen LogP contribution in [0.15, 0.2) is 42.2 Å². The largest absolute Gasteiger partial charge is 0.492 e. The fourth-order valence-corrected chi connectivity index (χ4v) is 2.57. The molecule has 1 aromatic carbocycles. The molecule has 7 nitrogen and oxygen atoms in total. The van der Waals surface area contributed by atoms with Crippen LogP contribution in [0.4, 0.5) is 14.5 Å². The zero-order valence-electron chi connectivity index (χ0n) is 16.3. The third-order valence-corrected chi connectivity index (χ3v) is 4.16. The fourth-order valence-electron chi connectivity index (χ4n) is 2.57. The van der Waals surface area contributed by atoms with Crippen molar-refractivity contribution in [2.24, 2.45) is 0 Å². The van der Waals surface area contributed by atoms with E-state index in [2.05, 4.69) is 16.8 Å². The number of carbonyl (C=O) groups excluding carboxylic acids is 1. The van der Waals surface area contributed by atoms with Gasteiger partial charge in [0.2, 0.25) is 5.90 Å².